The lowest BCUT2D eigenvalue weighted by Gasteiger charge is -2.24. The van der Waals surface area contributed by atoms with Gasteiger partial charge in [-0.3, -0.25) is 9.59 Å². The van der Waals surface area contributed by atoms with E-state index in [0.29, 0.717) is 52.6 Å². The van der Waals surface area contributed by atoms with Crippen molar-refractivity contribution in [2.45, 2.75) is 32.2 Å². The van der Waals surface area contributed by atoms with E-state index in [4.69, 9.17) is 16.3 Å². The highest BCUT2D eigenvalue weighted by molar-refractivity contribution is 6.35. The highest BCUT2D eigenvalue weighted by atomic mass is 35.5. The second-order valence-corrected chi connectivity index (χ2v) is 9.40. The van der Waals surface area contributed by atoms with Gasteiger partial charge in [0, 0.05) is 37.0 Å². The highest BCUT2D eigenvalue weighted by Gasteiger charge is 2.25. The topological polar surface area (TPSA) is 100 Å². The first-order valence-electron chi connectivity index (χ1n) is 12.4. The molecular weight excluding hydrogens is 502 g/mol. The quantitative estimate of drug-likeness (QED) is 0.255. The van der Waals surface area contributed by atoms with Crippen LogP contribution in [0.5, 0.6) is 11.5 Å². The fraction of sp³-hybridized carbons (Fsp3) is 0.241. The van der Waals surface area contributed by atoms with E-state index in [-0.39, 0.29) is 22.8 Å². The van der Waals surface area contributed by atoms with Gasteiger partial charge in [0.15, 0.2) is 5.78 Å². The third-order valence-corrected chi connectivity index (χ3v) is 6.72. The van der Waals surface area contributed by atoms with Crippen molar-refractivity contribution in [2.75, 3.05) is 18.4 Å². The monoisotopic (exact) mass is 527 g/mol. The van der Waals surface area contributed by atoms with Crippen LogP contribution < -0.4 is 10.1 Å². The van der Waals surface area contributed by atoms with Gasteiger partial charge in [0.2, 0.25) is 0 Å². The minimum Gasteiger partial charge on any atom is -0.457 e. The van der Waals surface area contributed by atoms with E-state index in [1.54, 1.807) is 36.2 Å². The number of para-hydroxylation sites is 1. The number of anilines is 1. The number of ketones is 1. The molecule has 1 amide bonds. The number of benzene rings is 2. The molecule has 8 nitrogen and oxygen atoms in total. The average Bonchev–Trinajstić information content (AvgIpc) is 3.22. The summed E-state index contributed by atoms with van der Waals surface area (Å²) in [5.74, 6) is 6.60. The minimum atomic E-state index is -0.263. The molecule has 0 bridgehead atoms. The average molecular weight is 528 g/mol. The lowest BCUT2D eigenvalue weighted by Crippen LogP contribution is -2.38. The van der Waals surface area contributed by atoms with Crippen molar-refractivity contribution in [1.82, 2.24) is 19.9 Å². The molecule has 1 saturated heterocycles. The number of amides is 1. The number of ether oxygens (including phenoxy) is 1. The Morgan fingerprint density at radius 3 is 2.74 bits per heavy atom. The zero-order valence-electron chi connectivity index (χ0n) is 20.8. The van der Waals surface area contributed by atoms with Gasteiger partial charge in [0.1, 0.15) is 29.3 Å². The van der Waals surface area contributed by atoms with Crippen LogP contribution in [0.1, 0.15) is 42.1 Å². The van der Waals surface area contributed by atoms with E-state index < -0.39 is 0 Å². The van der Waals surface area contributed by atoms with Crippen molar-refractivity contribution in [3.63, 3.8) is 0 Å². The predicted molar refractivity (Wildman–Crippen MR) is 147 cm³/mol. The summed E-state index contributed by atoms with van der Waals surface area (Å²) in [6.07, 6.45) is 5.79. The Morgan fingerprint density at radius 2 is 1.95 bits per heavy atom. The molecule has 0 saturated carbocycles. The molecule has 1 unspecified atom stereocenters. The fourth-order valence-electron chi connectivity index (χ4n) is 4.59. The standard InChI is InChI=1S/C29H26ClN5O3/c1-2-8-25(36)35-14-7-6-9-19(17-35)34-29-26-23(16-31-28(26)32-18-33-29)27(37)22-13-12-21(15-24(22)30)38-20-10-4-3-5-11-20/h3-5,10-13,15-16,18-19H,6-7,9,14,17H2,1H3,(H2,31,32,33,34). The van der Waals surface area contributed by atoms with Crippen LogP contribution in [0.4, 0.5) is 5.82 Å². The van der Waals surface area contributed by atoms with Crippen LogP contribution in [-0.4, -0.2) is 50.7 Å². The number of carbonyl (C=O) groups is 2. The van der Waals surface area contributed by atoms with Crippen molar-refractivity contribution >= 4 is 40.1 Å². The molecule has 2 aromatic heterocycles. The Hall–Kier alpha value is -4.35. The van der Waals surface area contributed by atoms with Crippen LogP contribution in [0.2, 0.25) is 5.02 Å². The first-order valence-corrected chi connectivity index (χ1v) is 12.8. The molecular formula is C29H26ClN5O3. The van der Waals surface area contributed by atoms with E-state index in [2.05, 4.69) is 32.1 Å². The molecule has 1 atom stereocenters. The lowest BCUT2D eigenvalue weighted by atomic mass is 10.0. The number of nitrogens with zero attached hydrogens (tertiary/aromatic N) is 3. The first kappa shape index (κ1) is 25.3. The van der Waals surface area contributed by atoms with Gasteiger partial charge >= 0.3 is 0 Å². The number of hydrogen-bond acceptors (Lipinski definition) is 6. The number of likely N-dealkylation sites (tertiary alicyclic amines) is 1. The number of hydrogen-bond donors (Lipinski definition) is 2. The fourth-order valence-corrected chi connectivity index (χ4v) is 4.84. The SMILES string of the molecule is CC#CC(=O)N1CCCCC(Nc2ncnc3[nH]cc(C(=O)c4ccc(Oc5ccccc5)cc4Cl)c23)C1. The van der Waals surface area contributed by atoms with Crippen LogP contribution in [0, 0.1) is 11.8 Å². The summed E-state index contributed by atoms with van der Waals surface area (Å²) in [5, 5.41) is 4.31. The molecule has 192 valence electrons. The van der Waals surface area contributed by atoms with Crippen molar-refractivity contribution in [2.24, 2.45) is 0 Å². The van der Waals surface area contributed by atoms with Gasteiger partial charge < -0.3 is 19.9 Å². The van der Waals surface area contributed by atoms with Crippen LogP contribution in [-0.2, 0) is 4.79 Å². The Morgan fingerprint density at radius 1 is 1.11 bits per heavy atom. The summed E-state index contributed by atoms with van der Waals surface area (Å²) >= 11 is 6.54. The van der Waals surface area contributed by atoms with E-state index in [1.807, 2.05) is 30.3 Å². The molecule has 1 fully saturated rings. The number of halogens is 1. The van der Waals surface area contributed by atoms with Gasteiger partial charge in [-0.1, -0.05) is 35.7 Å². The Labute approximate surface area is 225 Å². The number of fused-ring (bicyclic) bond motifs is 1. The molecule has 3 heterocycles. The Bertz CT molecular complexity index is 1540. The maximum Gasteiger partial charge on any atom is 0.298 e. The number of H-pyrrole nitrogens is 1. The molecule has 1 aliphatic rings. The number of carbonyl (C=O) groups excluding carboxylic acids is 2. The van der Waals surface area contributed by atoms with Gasteiger partial charge in [-0.2, -0.15) is 0 Å². The molecule has 0 radical (unpaired) electrons. The predicted octanol–water partition coefficient (Wildman–Crippen LogP) is 5.45. The van der Waals surface area contributed by atoms with Crippen molar-refractivity contribution in [3.8, 4) is 23.3 Å². The maximum atomic E-state index is 13.6. The van der Waals surface area contributed by atoms with Gasteiger partial charge in [0.25, 0.3) is 5.91 Å². The van der Waals surface area contributed by atoms with E-state index >= 15 is 0 Å². The summed E-state index contributed by atoms with van der Waals surface area (Å²) in [4.78, 5) is 39.6. The molecule has 5 rings (SSSR count). The summed E-state index contributed by atoms with van der Waals surface area (Å²) in [7, 11) is 0. The first-order chi connectivity index (χ1) is 18.5. The molecule has 0 spiro atoms. The zero-order valence-corrected chi connectivity index (χ0v) is 21.6. The van der Waals surface area contributed by atoms with E-state index in [9.17, 15) is 9.59 Å². The van der Waals surface area contributed by atoms with Gasteiger partial charge in [-0.15, -0.1) is 0 Å². The van der Waals surface area contributed by atoms with Crippen LogP contribution in [0.3, 0.4) is 0 Å². The minimum absolute atomic E-state index is 0.0472. The molecule has 2 aromatic carbocycles. The van der Waals surface area contributed by atoms with Gasteiger partial charge in [0.05, 0.1) is 16.0 Å². The van der Waals surface area contributed by atoms with Crippen LogP contribution in [0.15, 0.2) is 61.1 Å². The zero-order chi connectivity index (χ0) is 26.5. The molecule has 1 aliphatic heterocycles. The van der Waals surface area contributed by atoms with Crippen molar-refractivity contribution in [3.05, 3.63) is 77.2 Å². The maximum absolute atomic E-state index is 13.6. The Balaban J connectivity index is 1.41. The second-order valence-electron chi connectivity index (χ2n) is 9.00. The number of aromatic nitrogens is 3. The molecule has 4 aromatic rings. The smallest absolute Gasteiger partial charge is 0.298 e. The van der Waals surface area contributed by atoms with Gasteiger partial charge in [-0.25, -0.2) is 9.97 Å². The number of rotatable bonds is 6. The number of nitrogens with one attached hydrogen (secondary N) is 2. The summed E-state index contributed by atoms with van der Waals surface area (Å²) in [5.41, 5.74) is 1.27. The normalized spacial score (nSPS) is 15.3. The second kappa shape index (κ2) is 11.4. The van der Waals surface area contributed by atoms with Crippen molar-refractivity contribution < 1.29 is 14.3 Å². The van der Waals surface area contributed by atoms with Crippen LogP contribution in [0.25, 0.3) is 11.0 Å². The lowest BCUT2D eigenvalue weighted by molar-refractivity contribution is -0.125. The molecule has 2 N–H and O–H groups in total. The van der Waals surface area contributed by atoms with Crippen LogP contribution >= 0.6 is 11.6 Å². The van der Waals surface area contributed by atoms with Crippen molar-refractivity contribution in [1.29, 1.82) is 0 Å². The molecule has 0 aliphatic carbocycles. The largest absolute Gasteiger partial charge is 0.457 e. The summed E-state index contributed by atoms with van der Waals surface area (Å²) in [6.45, 7) is 2.83. The van der Waals surface area contributed by atoms with E-state index in [1.165, 1.54) is 6.33 Å². The number of aromatic amines is 1. The summed E-state index contributed by atoms with van der Waals surface area (Å²) < 4.78 is 5.84. The Kier molecular flexibility index (Phi) is 7.57. The summed E-state index contributed by atoms with van der Waals surface area (Å²) in [6, 6.07) is 14.3. The molecule has 38 heavy (non-hydrogen) atoms. The van der Waals surface area contributed by atoms with Gasteiger partial charge in [-0.05, 0) is 56.4 Å². The van der Waals surface area contributed by atoms with E-state index in [0.717, 1.165) is 19.3 Å². The third-order valence-electron chi connectivity index (χ3n) is 6.41. The highest BCUT2D eigenvalue weighted by Crippen LogP contribution is 2.31. The third kappa shape index (κ3) is 5.48. The molecule has 9 heteroatoms.